The minimum absolute atomic E-state index is 0.614. The van der Waals surface area contributed by atoms with Gasteiger partial charge in [-0.2, -0.15) is 0 Å². The molecule has 17 heavy (non-hydrogen) atoms. The highest BCUT2D eigenvalue weighted by Gasteiger charge is 2.02. The van der Waals surface area contributed by atoms with Crippen molar-refractivity contribution in [2.45, 2.75) is 13.5 Å². The summed E-state index contributed by atoms with van der Waals surface area (Å²) in [4.78, 5) is 5.22. The van der Waals surface area contributed by atoms with Crippen molar-refractivity contribution < 1.29 is 4.74 Å². The van der Waals surface area contributed by atoms with Crippen molar-refractivity contribution in [1.82, 2.24) is 4.98 Å². The molecule has 0 atom stereocenters. The Morgan fingerprint density at radius 1 is 1.47 bits per heavy atom. The second-order valence-electron chi connectivity index (χ2n) is 3.51. The first-order valence-electron chi connectivity index (χ1n) is 5.43. The molecular formula is C12H15N3OS. The van der Waals surface area contributed by atoms with Crippen LogP contribution in [0.5, 0.6) is 5.75 Å². The summed E-state index contributed by atoms with van der Waals surface area (Å²) in [7, 11) is 0. The Hall–Kier alpha value is -1.75. The van der Waals surface area contributed by atoms with Gasteiger partial charge in [-0.15, -0.1) is 11.3 Å². The van der Waals surface area contributed by atoms with Gasteiger partial charge in [-0.1, -0.05) is 0 Å². The molecule has 0 saturated heterocycles. The fraction of sp³-hybridized carbons (Fsp3) is 0.250. The van der Waals surface area contributed by atoms with Crippen molar-refractivity contribution in [3.8, 4) is 5.75 Å². The van der Waals surface area contributed by atoms with E-state index in [4.69, 9.17) is 10.5 Å². The quantitative estimate of drug-likeness (QED) is 0.800. The lowest BCUT2D eigenvalue weighted by Gasteiger charge is -2.10. The summed E-state index contributed by atoms with van der Waals surface area (Å²) in [5.41, 5.74) is 9.29. The highest BCUT2D eigenvalue weighted by molar-refractivity contribution is 7.09. The number of aromatic nitrogens is 1. The second-order valence-corrected chi connectivity index (χ2v) is 4.48. The van der Waals surface area contributed by atoms with Gasteiger partial charge in [0.15, 0.2) is 0 Å². The van der Waals surface area contributed by atoms with Crippen molar-refractivity contribution in [3.05, 3.63) is 34.8 Å². The lowest BCUT2D eigenvalue weighted by molar-refractivity contribution is 0.342. The van der Waals surface area contributed by atoms with E-state index in [0.717, 1.165) is 18.0 Å². The number of ether oxygens (including phenoxy) is 1. The molecule has 1 heterocycles. The SMILES string of the molecule is CCOc1cc(NCc2cncs2)ccc1N. The van der Waals surface area contributed by atoms with E-state index in [-0.39, 0.29) is 0 Å². The van der Waals surface area contributed by atoms with Gasteiger partial charge in [0, 0.05) is 22.8 Å². The van der Waals surface area contributed by atoms with E-state index in [2.05, 4.69) is 10.3 Å². The van der Waals surface area contributed by atoms with Crippen LogP contribution in [0.1, 0.15) is 11.8 Å². The molecule has 2 aromatic rings. The normalized spacial score (nSPS) is 10.2. The molecule has 3 N–H and O–H groups in total. The molecule has 0 aliphatic rings. The summed E-state index contributed by atoms with van der Waals surface area (Å²) in [6.07, 6.45) is 1.86. The Kier molecular flexibility index (Phi) is 3.82. The van der Waals surface area contributed by atoms with Crippen LogP contribution in [0.2, 0.25) is 0 Å². The largest absolute Gasteiger partial charge is 0.492 e. The molecule has 0 amide bonds. The summed E-state index contributed by atoms with van der Waals surface area (Å²) in [6.45, 7) is 3.32. The van der Waals surface area contributed by atoms with E-state index in [0.29, 0.717) is 12.3 Å². The van der Waals surface area contributed by atoms with Gasteiger partial charge in [-0.3, -0.25) is 4.98 Å². The van der Waals surface area contributed by atoms with Gasteiger partial charge >= 0.3 is 0 Å². The monoisotopic (exact) mass is 249 g/mol. The number of thiazole rings is 1. The van der Waals surface area contributed by atoms with E-state index < -0.39 is 0 Å². The number of benzene rings is 1. The molecular weight excluding hydrogens is 234 g/mol. The van der Waals surface area contributed by atoms with Crippen molar-refractivity contribution >= 4 is 22.7 Å². The Bertz CT molecular complexity index is 471. The van der Waals surface area contributed by atoms with Gasteiger partial charge in [0.05, 0.1) is 24.3 Å². The molecule has 5 heteroatoms. The average Bonchev–Trinajstić information content (AvgIpc) is 2.83. The number of anilines is 2. The summed E-state index contributed by atoms with van der Waals surface area (Å²) in [5.74, 6) is 0.724. The second kappa shape index (κ2) is 5.54. The minimum Gasteiger partial charge on any atom is -0.492 e. The van der Waals surface area contributed by atoms with Crippen LogP contribution in [0.4, 0.5) is 11.4 Å². The van der Waals surface area contributed by atoms with Crippen LogP contribution in [0.15, 0.2) is 29.9 Å². The molecule has 0 saturated carbocycles. The van der Waals surface area contributed by atoms with E-state index in [1.54, 1.807) is 11.3 Å². The van der Waals surface area contributed by atoms with E-state index in [1.807, 2.05) is 36.8 Å². The highest BCUT2D eigenvalue weighted by Crippen LogP contribution is 2.25. The van der Waals surface area contributed by atoms with Crippen LogP contribution in [-0.4, -0.2) is 11.6 Å². The van der Waals surface area contributed by atoms with Crippen LogP contribution in [0, 0.1) is 0 Å². The van der Waals surface area contributed by atoms with E-state index in [1.165, 1.54) is 4.88 Å². The lowest BCUT2D eigenvalue weighted by Crippen LogP contribution is -2.01. The highest BCUT2D eigenvalue weighted by atomic mass is 32.1. The van der Waals surface area contributed by atoms with Gasteiger partial charge in [-0.25, -0.2) is 0 Å². The third-order valence-electron chi connectivity index (χ3n) is 2.26. The molecule has 0 bridgehead atoms. The molecule has 0 aliphatic heterocycles. The van der Waals surface area contributed by atoms with Crippen molar-refractivity contribution in [1.29, 1.82) is 0 Å². The maximum absolute atomic E-state index is 5.81. The molecule has 1 aromatic heterocycles. The lowest BCUT2D eigenvalue weighted by atomic mass is 10.2. The fourth-order valence-corrected chi connectivity index (χ4v) is 1.98. The number of hydrogen-bond acceptors (Lipinski definition) is 5. The third-order valence-corrected chi connectivity index (χ3v) is 3.04. The van der Waals surface area contributed by atoms with Crippen molar-refractivity contribution in [2.75, 3.05) is 17.7 Å². The van der Waals surface area contributed by atoms with E-state index in [9.17, 15) is 0 Å². The summed E-state index contributed by atoms with van der Waals surface area (Å²) in [6, 6.07) is 5.71. The van der Waals surface area contributed by atoms with Crippen LogP contribution in [-0.2, 0) is 6.54 Å². The zero-order valence-electron chi connectivity index (χ0n) is 9.64. The minimum atomic E-state index is 0.614. The Morgan fingerprint density at radius 3 is 3.06 bits per heavy atom. The molecule has 1 aromatic carbocycles. The number of nitrogen functional groups attached to an aromatic ring is 1. The van der Waals surface area contributed by atoms with Gasteiger partial charge in [0.2, 0.25) is 0 Å². The molecule has 0 unspecified atom stereocenters. The van der Waals surface area contributed by atoms with Gasteiger partial charge < -0.3 is 15.8 Å². The molecule has 0 radical (unpaired) electrons. The zero-order valence-corrected chi connectivity index (χ0v) is 10.5. The topological polar surface area (TPSA) is 60.2 Å². The van der Waals surface area contributed by atoms with Crippen LogP contribution >= 0.6 is 11.3 Å². The van der Waals surface area contributed by atoms with Gasteiger partial charge in [0.1, 0.15) is 5.75 Å². The molecule has 90 valence electrons. The Morgan fingerprint density at radius 2 is 2.35 bits per heavy atom. The maximum Gasteiger partial charge on any atom is 0.144 e. The van der Waals surface area contributed by atoms with Crippen LogP contribution in [0.3, 0.4) is 0 Å². The predicted molar refractivity (Wildman–Crippen MR) is 71.5 cm³/mol. The van der Waals surface area contributed by atoms with E-state index >= 15 is 0 Å². The molecule has 0 aliphatic carbocycles. The standard InChI is InChI=1S/C12H15N3OS/c1-2-16-12-5-9(3-4-11(12)13)15-7-10-6-14-8-17-10/h3-6,8,15H,2,7,13H2,1H3. The van der Waals surface area contributed by atoms with Gasteiger partial charge in [0.25, 0.3) is 0 Å². The number of nitrogens with zero attached hydrogens (tertiary/aromatic N) is 1. The number of rotatable bonds is 5. The zero-order chi connectivity index (χ0) is 12.1. The van der Waals surface area contributed by atoms with Crippen molar-refractivity contribution in [2.24, 2.45) is 0 Å². The maximum atomic E-state index is 5.81. The first-order chi connectivity index (χ1) is 8.29. The van der Waals surface area contributed by atoms with Crippen molar-refractivity contribution in [3.63, 3.8) is 0 Å². The number of nitrogens with two attached hydrogens (primary N) is 1. The average molecular weight is 249 g/mol. The van der Waals surface area contributed by atoms with Gasteiger partial charge in [-0.05, 0) is 19.1 Å². The predicted octanol–water partition coefficient (Wildman–Crippen LogP) is 2.74. The summed E-state index contributed by atoms with van der Waals surface area (Å²) < 4.78 is 5.44. The fourth-order valence-electron chi connectivity index (χ4n) is 1.44. The number of hydrogen-bond donors (Lipinski definition) is 2. The summed E-state index contributed by atoms with van der Waals surface area (Å²) in [5, 5.41) is 3.31. The first-order valence-corrected chi connectivity index (χ1v) is 6.31. The Balaban J connectivity index is 2.03. The molecule has 4 nitrogen and oxygen atoms in total. The smallest absolute Gasteiger partial charge is 0.144 e. The molecule has 2 rings (SSSR count). The Labute approximate surface area is 104 Å². The third kappa shape index (κ3) is 3.10. The van der Waals surface area contributed by atoms with Crippen LogP contribution < -0.4 is 15.8 Å². The number of nitrogens with one attached hydrogen (secondary N) is 1. The first kappa shape index (κ1) is 11.7. The molecule has 0 fully saturated rings. The van der Waals surface area contributed by atoms with Crippen LogP contribution in [0.25, 0.3) is 0 Å². The molecule has 0 spiro atoms. The summed E-state index contributed by atoms with van der Waals surface area (Å²) >= 11 is 1.63.